The van der Waals surface area contributed by atoms with E-state index in [9.17, 15) is 4.79 Å². The fraction of sp³-hybridized carbons (Fsp3) is 0.263. The predicted molar refractivity (Wildman–Crippen MR) is 101 cm³/mol. The van der Waals surface area contributed by atoms with E-state index in [1.807, 2.05) is 52.8 Å². The highest BCUT2D eigenvalue weighted by molar-refractivity contribution is 5.94. The highest BCUT2D eigenvalue weighted by Gasteiger charge is 2.13. The zero-order chi connectivity index (χ0) is 19.0. The van der Waals surface area contributed by atoms with Crippen LogP contribution in [0.3, 0.4) is 0 Å². The molecule has 0 spiro atoms. The lowest BCUT2D eigenvalue weighted by molar-refractivity contribution is 0.0952. The highest BCUT2D eigenvalue weighted by Crippen LogP contribution is 2.19. The van der Waals surface area contributed by atoms with Gasteiger partial charge in [0.15, 0.2) is 11.5 Å². The van der Waals surface area contributed by atoms with Gasteiger partial charge in [-0.1, -0.05) is 0 Å². The van der Waals surface area contributed by atoms with Gasteiger partial charge in [0.25, 0.3) is 5.91 Å². The lowest BCUT2D eigenvalue weighted by Gasteiger charge is -2.08. The molecule has 1 amide bonds. The molecule has 1 N–H and O–H groups in total. The van der Waals surface area contributed by atoms with Crippen LogP contribution in [0.15, 0.2) is 43.0 Å². The first-order valence-electron chi connectivity index (χ1n) is 8.77. The van der Waals surface area contributed by atoms with E-state index < -0.39 is 0 Å². The number of pyridine rings is 1. The van der Waals surface area contributed by atoms with Crippen molar-refractivity contribution in [3.05, 3.63) is 59.9 Å². The van der Waals surface area contributed by atoms with Crippen LogP contribution < -0.4 is 5.32 Å². The van der Waals surface area contributed by atoms with Gasteiger partial charge >= 0.3 is 0 Å². The van der Waals surface area contributed by atoms with Crippen LogP contribution in [0.5, 0.6) is 0 Å². The summed E-state index contributed by atoms with van der Waals surface area (Å²) in [6, 6.07) is 7.49. The van der Waals surface area contributed by atoms with Crippen LogP contribution in [0.25, 0.3) is 17.2 Å². The lowest BCUT2D eigenvalue weighted by atomic mass is 10.2. The molecule has 0 aromatic carbocycles. The number of hydrogen-bond acceptors (Lipinski definition) is 4. The topological polar surface area (TPSA) is 82.0 Å². The van der Waals surface area contributed by atoms with Crippen LogP contribution in [-0.4, -0.2) is 41.2 Å². The second-order valence-electron chi connectivity index (χ2n) is 6.54. The molecule has 0 unspecified atom stereocenters. The highest BCUT2D eigenvalue weighted by atomic mass is 16.1. The summed E-state index contributed by atoms with van der Waals surface area (Å²) in [7, 11) is 1.95. The number of nitrogens with one attached hydrogen (secondary N) is 1. The van der Waals surface area contributed by atoms with Gasteiger partial charge in [-0.25, -0.2) is 4.98 Å². The van der Waals surface area contributed by atoms with Crippen molar-refractivity contribution in [1.82, 2.24) is 34.0 Å². The minimum absolute atomic E-state index is 0.127. The largest absolute Gasteiger partial charge is 0.350 e. The molecule has 0 saturated carbocycles. The molecule has 0 aliphatic rings. The fourth-order valence-corrected chi connectivity index (χ4v) is 3.05. The van der Waals surface area contributed by atoms with Gasteiger partial charge < -0.3 is 14.5 Å². The van der Waals surface area contributed by atoms with Gasteiger partial charge in [0.2, 0.25) is 0 Å². The summed E-state index contributed by atoms with van der Waals surface area (Å²) in [6.07, 6.45) is 5.53. The van der Waals surface area contributed by atoms with Gasteiger partial charge in [-0.3, -0.25) is 9.20 Å². The Balaban J connectivity index is 1.52. The van der Waals surface area contributed by atoms with Crippen LogP contribution in [-0.2, 0) is 13.6 Å². The van der Waals surface area contributed by atoms with E-state index in [0.29, 0.717) is 30.1 Å². The van der Waals surface area contributed by atoms with E-state index >= 15 is 0 Å². The zero-order valence-electron chi connectivity index (χ0n) is 15.5. The summed E-state index contributed by atoms with van der Waals surface area (Å²) in [4.78, 5) is 16.8. The normalized spacial score (nSPS) is 11.2. The average molecular weight is 363 g/mol. The van der Waals surface area contributed by atoms with Crippen molar-refractivity contribution < 1.29 is 4.79 Å². The fourth-order valence-electron chi connectivity index (χ4n) is 3.05. The van der Waals surface area contributed by atoms with Gasteiger partial charge in [-0.05, 0) is 38.1 Å². The van der Waals surface area contributed by atoms with Crippen LogP contribution >= 0.6 is 0 Å². The number of hydrogen-bond donors (Lipinski definition) is 1. The Morgan fingerprint density at radius 2 is 2.04 bits per heavy atom. The number of nitrogens with zero attached hydrogens (tertiary/aromatic N) is 6. The molecular formula is C19H21N7O. The molecule has 4 aromatic heterocycles. The maximum atomic E-state index is 12.6. The Morgan fingerprint density at radius 3 is 2.74 bits per heavy atom. The first-order chi connectivity index (χ1) is 13.0. The van der Waals surface area contributed by atoms with Gasteiger partial charge in [-0.2, -0.15) is 0 Å². The Hall–Kier alpha value is -3.42. The maximum Gasteiger partial charge on any atom is 0.252 e. The molecule has 8 nitrogen and oxygen atoms in total. The third kappa shape index (κ3) is 3.10. The molecule has 0 fully saturated rings. The van der Waals surface area contributed by atoms with E-state index in [4.69, 9.17) is 0 Å². The predicted octanol–water partition coefficient (Wildman–Crippen LogP) is 1.98. The maximum absolute atomic E-state index is 12.6. The summed E-state index contributed by atoms with van der Waals surface area (Å²) < 4.78 is 5.85. The molecule has 4 heterocycles. The zero-order valence-corrected chi connectivity index (χ0v) is 15.5. The SMILES string of the molecule is Cc1ncn(CCNC(=O)c2ccc3nnc(-c4cccn4C)n3c2)c1C. The molecule has 0 atom stereocenters. The van der Waals surface area contributed by atoms with Crippen molar-refractivity contribution in [2.24, 2.45) is 7.05 Å². The first-order valence-corrected chi connectivity index (χ1v) is 8.77. The molecule has 4 aromatic rings. The lowest BCUT2D eigenvalue weighted by Crippen LogP contribution is -2.27. The summed E-state index contributed by atoms with van der Waals surface area (Å²) in [5.41, 5.74) is 4.32. The molecule has 4 rings (SSSR count). The molecule has 0 aliphatic carbocycles. The van der Waals surface area contributed by atoms with E-state index in [0.717, 1.165) is 17.1 Å². The Bertz CT molecular complexity index is 1120. The van der Waals surface area contributed by atoms with Gasteiger partial charge in [0.1, 0.15) is 0 Å². The number of amides is 1. The number of imidazole rings is 1. The molecule has 27 heavy (non-hydrogen) atoms. The standard InChI is InChI=1S/C19H21N7O/c1-13-14(2)25(12-21-13)10-8-20-19(27)15-6-7-17-22-23-18(26(17)11-15)16-5-4-9-24(16)3/h4-7,9,11-12H,8,10H2,1-3H3,(H,20,27). The average Bonchev–Trinajstić information content (AvgIpc) is 3.35. The Labute approximate surface area is 156 Å². The van der Waals surface area contributed by atoms with Gasteiger partial charge in [0.05, 0.1) is 23.3 Å². The van der Waals surface area contributed by atoms with Crippen LogP contribution in [0.1, 0.15) is 21.7 Å². The third-order valence-electron chi connectivity index (χ3n) is 4.82. The minimum atomic E-state index is -0.127. The van der Waals surface area contributed by atoms with Gasteiger partial charge in [0, 0.05) is 38.2 Å². The van der Waals surface area contributed by atoms with E-state index in [1.54, 1.807) is 24.7 Å². The van der Waals surface area contributed by atoms with Crippen molar-refractivity contribution >= 4 is 11.6 Å². The molecule has 0 saturated heterocycles. The smallest absolute Gasteiger partial charge is 0.252 e. The minimum Gasteiger partial charge on any atom is -0.350 e. The number of carbonyl (C=O) groups excluding carboxylic acids is 1. The van der Waals surface area contributed by atoms with Crippen molar-refractivity contribution in [3.8, 4) is 11.5 Å². The van der Waals surface area contributed by atoms with Crippen LogP contribution in [0.4, 0.5) is 0 Å². The first kappa shape index (κ1) is 17.0. The summed E-state index contributed by atoms with van der Waals surface area (Å²) in [6.45, 7) is 5.21. The third-order valence-corrected chi connectivity index (χ3v) is 4.82. The number of rotatable bonds is 5. The van der Waals surface area contributed by atoms with Crippen molar-refractivity contribution in [2.75, 3.05) is 6.54 Å². The number of fused-ring (bicyclic) bond motifs is 1. The van der Waals surface area contributed by atoms with Crippen LogP contribution in [0, 0.1) is 13.8 Å². The van der Waals surface area contributed by atoms with Crippen molar-refractivity contribution in [1.29, 1.82) is 0 Å². The Morgan fingerprint density at radius 1 is 1.19 bits per heavy atom. The number of carbonyl (C=O) groups is 1. The molecule has 138 valence electrons. The van der Waals surface area contributed by atoms with E-state index in [1.165, 1.54) is 0 Å². The number of aromatic nitrogens is 6. The monoisotopic (exact) mass is 363 g/mol. The quantitative estimate of drug-likeness (QED) is 0.588. The second kappa shape index (κ2) is 6.71. The van der Waals surface area contributed by atoms with Crippen molar-refractivity contribution in [2.45, 2.75) is 20.4 Å². The summed E-state index contributed by atoms with van der Waals surface area (Å²) in [5, 5.41) is 11.4. The van der Waals surface area contributed by atoms with Gasteiger partial charge in [-0.15, -0.1) is 10.2 Å². The molecular weight excluding hydrogens is 342 g/mol. The Kier molecular flexibility index (Phi) is 4.23. The van der Waals surface area contributed by atoms with E-state index in [2.05, 4.69) is 20.5 Å². The van der Waals surface area contributed by atoms with Crippen LogP contribution in [0.2, 0.25) is 0 Å². The second-order valence-corrected chi connectivity index (χ2v) is 6.54. The van der Waals surface area contributed by atoms with Crippen molar-refractivity contribution in [3.63, 3.8) is 0 Å². The molecule has 0 aliphatic heterocycles. The summed E-state index contributed by atoms with van der Waals surface area (Å²) in [5.74, 6) is 0.578. The summed E-state index contributed by atoms with van der Waals surface area (Å²) >= 11 is 0. The molecule has 0 bridgehead atoms. The molecule has 0 radical (unpaired) electrons. The molecule has 8 heteroatoms. The number of aryl methyl sites for hydroxylation is 2. The van der Waals surface area contributed by atoms with E-state index in [-0.39, 0.29) is 5.91 Å².